The Morgan fingerprint density at radius 1 is 1.15 bits per heavy atom. The van der Waals surface area contributed by atoms with Crippen molar-refractivity contribution in [2.45, 2.75) is 25.3 Å². The van der Waals surface area contributed by atoms with Crippen molar-refractivity contribution in [1.82, 2.24) is 20.6 Å². The molecule has 0 spiro atoms. The maximum absolute atomic E-state index is 12.2. The fraction of sp³-hybridized carbons (Fsp3) is 0.350. The predicted octanol–water partition coefficient (Wildman–Crippen LogP) is 0.451. The first-order valence-corrected chi connectivity index (χ1v) is 10.4. The van der Waals surface area contributed by atoms with E-state index in [1.54, 1.807) is 12.1 Å². The van der Waals surface area contributed by atoms with E-state index >= 15 is 0 Å². The van der Waals surface area contributed by atoms with Crippen LogP contribution in [0.5, 0.6) is 5.75 Å². The molecule has 13 heteroatoms. The standard InChI is InChI=1S/C20H27ClN8O4/c1-32-19(31)13(22)10-33-12-7-5-11(6-8-12)4-2-3-9-26-20(25)29-18(30)14-16(23)28-17(24)15(21)27-14/h5-8,13H,2-4,9-10,22H2,1H3,(H4,23,24,28)(H3,25,26,29,30). The lowest BCUT2D eigenvalue weighted by molar-refractivity contribution is -0.142. The first-order chi connectivity index (χ1) is 15.7. The van der Waals surface area contributed by atoms with Crippen molar-refractivity contribution >= 4 is 41.1 Å². The van der Waals surface area contributed by atoms with Gasteiger partial charge in [0, 0.05) is 6.54 Å². The van der Waals surface area contributed by atoms with Gasteiger partial charge in [0.15, 0.2) is 28.4 Å². The molecular weight excluding hydrogens is 452 g/mol. The predicted molar refractivity (Wildman–Crippen MR) is 124 cm³/mol. The number of carbonyl (C=O) groups excluding carboxylic acids is 2. The van der Waals surface area contributed by atoms with Crippen molar-refractivity contribution in [3.63, 3.8) is 0 Å². The number of aromatic nitrogens is 2. The summed E-state index contributed by atoms with van der Waals surface area (Å²) in [7, 11) is 1.27. The fourth-order valence-electron chi connectivity index (χ4n) is 2.65. The summed E-state index contributed by atoms with van der Waals surface area (Å²) in [5.41, 5.74) is 17.6. The maximum Gasteiger partial charge on any atom is 0.326 e. The van der Waals surface area contributed by atoms with E-state index in [9.17, 15) is 9.59 Å². The lowest BCUT2D eigenvalue weighted by atomic mass is 10.1. The van der Waals surface area contributed by atoms with E-state index in [0.717, 1.165) is 24.8 Å². The summed E-state index contributed by atoms with van der Waals surface area (Å²) in [5, 5.41) is 12.8. The summed E-state index contributed by atoms with van der Waals surface area (Å²) in [6.07, 6.45) is 2.44. The third-order valence-electron chi connectivity index (χ3n) is 4.41. The molecule has 0 saturated heterocycles. The number of rotatable bonds is 10. The number of methoxy groups -OCH3 is 1. The molecule has 0 bridgehead atoms. The molecule has 0 aliphatic carbocycles. The number of anilines is 2. The molecule has 9 N–H and O–H groups in total. The molecule has 178 valence electrons. The van der Waals surface area contributed by atoms with Gasteiger partial charge in [0.2, 0.25) is 0 Å². The first-order valence-electron chi connectivity index (χ1n) is 9.98. The van der Waals surface area contributed by atoms with E-state index < -0.39 is 17.9 Å². The normalized spacial score (nSPS) is 11.4. The highest BCUT2D eigenvalue weighted by Gasteiger charge is 2.17. The summed E-state index contributed by atoms with van der Waals surface area (Å²) < 4.78 is 10.0. The number of guanidine groups is 1. The molecule has 1 heterocycles. The number of nitrogens with zero attached hydrogens (tertiary/aromatic N) is 2. The molecule has 1 unspecified atom stereocenters. The van der Waals surface area contributed by atoms with Gasteiger partial charge in [-0.25, -0.2) is 9.97 Å². The van der Waals surface area contributed by atoms with Crippen molar-refractivity contribution in [2.24, 2.45) is 5.73 Å². The Hall–Kier alpha value is -3.64. The van der Waals surface area contributed by atoms with Crippen molar-refractivity contribution in [2.75, 3.05) is 31.7 Å². The molecule has 12 nitrogen and oxygen atoms in total. The highest BCUT2D eigenvalue weighted by molar-refractivity contribution is 6.31. The molecule has 1 aromatic heterocycles. The number of unbranched alkanes of at least 4 members (excludes halogenated alkanes) is 1. The van der Waals surface area contributed by atoms with Gasteiger partial charge < -0.3 is 32.0 Å². The van der Waals surface area contributed by atoms with E-state index in [-0.39, 0.29) is 35.0 Å². The SMILES string of the molecule is COC(=O)C(N)COc1ccc(CCCCNC(=N)NC(=O)c2nc(Cl)c(N)nc2N)cc1. The zero-order chi connectivity index (χ0) is 24.4. The van der Waals surface area contributed by atoms with Gasteiger partial charge in [-0.15, -0.1) is 0 Å². The molecule has 2 aromatic rings. The Balaban J connectivity index is 1.67. The molecule has 0 aliphatic heterocycles. The number of ether oxygens (including phenoxy) is 2. The fourth-order valence-corrected chi connectivity index (χ4v) is 2.78. The van der Waals surface area contributed by atoms with E-state index in [4.69, 9.17) is 38.9 Å². The average Bonchev–Trinajstić information content (AvgIpc) is 2.79. The van der Waals surface area contributed by atoms with Gasteiger partial charge in [0.1, 0.15) is 18.4 Å². The maximum atomic E-state index is 12.2. The zero-order valence-corrected chi connectivity index (χ0v) is 18.8. The van der Waals surface area contributed by atoms with Gasteiger partial charge in [-0.1, -0.05) is 23.7 Å². The Labute approximate surface area is 195 Å². The van der Waals surface area contributed by atoms with Crippen molar-refractivity contribution < 1.29 is 19.1 Å². The minimum atomic E-state index is -0.833. The van der Waals surface area contributed by atoms with E-state index in [1.807, 2.05) is 12.1 Å². The van der Waals surface area contributed by atoms with Crippen LogP contribution in [-0.4, -0.2) is 54.1 Å². The summed E-state index contributed by atoms with van der Waals surface area (Å²) in [6.45, 7) is 0.514. The summed E-state index contributed by atoms with van der Waals surface area (Å²) in [5.74, 6) is -1.08. The molecule has 0 radical (unpaired) electrons. The second-order valence-electron chi connectivity index (χ2n) is 6.93. The Kier molecular flexibility index (Phi) is 9.63. The van der Waals surface area contributed by atoms with Gasteiger partial charge in [-0.3, -0.25) is 20.3 Å². The molecular formula is C20H27ClN8O4. The quantitative estimate of drug-likeness (QED) is 0.120. The monoisotopic (exact) mass is 478 g/mol. The molecule has 0 fully saturated rings. The van der Waals surface area contributed by atoms with Crippen LogP contribution in [0.25, 0.3) is 0 Å². The van der Waals surface area contributed by atoms with Crippen LogP contribution in [0.15, 0.2) is 24.3 Å². The minimum absolute atomic E-state index is 0.0325. The van der Waals surface area contributed by atoms with Crippen LogP contribution in [0.2, 0.25) is 5.15 Å². The molecule has 1 aromatic carbocycles. The topological polar surface area (TPSA) is 204 Å². The number of nitrogens with one attached hydrogen (secondary N) is 3. The number of nitrogen functional groups attached to an aromatic ring is 2. The number of hydrogen-bond donors (Lipinski definition) is 6. The minimum Gasteiger partial charge on any atom is -0.491 e. The second kappa shape index (κ2) is 12.4. The number of benzene rings is 1. The highest BCUT2D eigenvalue weighted by Crippen LogP contribution is 2.17. The Morgan fingerprint density at radius 3 is 2.52 bits per heavy atom. The number of carbonyl (C=O) groups is 2. The van der Waals surface area contributed by atoms with Crippen molar-refractivity contribution in [3.05, 3.63) is 40.7 Å². The van der Waals surface area contributed by atoms with Crippen LogP contribution in [-0.2, 0) is 16.0 Å². The zero-order valence-electron chi connectivity index (χ0n) is 18.1. The Bertz CT molecular complexity index is 987. The van der Waals surface area contributed by atoms with E-state index in [0.29, 0.717) is 12.3 Å². The molecule has 2 rings (SSSR count). The number of esters is 1. The van der Waals surface area contributed by atoms with Crippen LogP contribution in [0.1, 0.15) is 28.9 Å². The third-order valence-corrected chi connectivity index (χ3v) is 4.69. The number of hydrogen-bond acceptors (Lipinski definition) is 10. The van der Waals surface area contributed by atoms with E-state index in [1.165, 1.54) is 7.11 Å². The third kappa shape index (κ3) is 8.09. The lowest BCUT2D eigenvalue weighted by Crippen LogP contribution is -2.41. The number of amides is 1. The molecule has 1 atom stereocenters. The van der Waals surface area contributed by atoms with Crippen molar-refractivity contribution in [3.8, 4) is 5.75 Å². The molecule has 0 saturated carbocycles. The van der Waals surface area contributed by atoms with Crippen molar-refractivity contribution in [1.29, 1.82) is 5.41 Å². The summed E-state index contributed by atoms with van der Waals surface area (Å²) in [6, 6.07) is 6.64. The Morgan fingerprint density at radius 2 is 1.85 bits per heavy atom. The van der Waals surface area contributed by atoms with Crippen LogP contribution < -0.4 is 32.6 Å². The largest absolute Gasteiger partial charge is 0.491 e. The smallest absolute Gasteiger partial charge is 0.326 e. The van der Waals surface area contributed by atoms with Crippen LogP contribution in [0.3, 0.4) is 0 Å². The summed E-state index contributed by atoms with van der Waals surface area (Å²) in [4.78, 5) is 30.9. The van der Waals surface area contributed by atoms with Gasteiger partial charge in [0.05, 0.1) is 7.11 Å². The molecule has 0 aliphatic rings. The number of aryl methyl sites for hydroxylation is 1. The van der Waals surface area contributed by atoms with Gasteiger partial charge >= 0.3 is 5.97 Å². The van der Waals surface area contributed by atoms with Crippen LogP contribution in [0, 0.1) is 5.41 Å². The first kappa shape index (κ1) is 25.6. The van der Waals surface area contributed by atoms with Gasteiger partial charge in [0.25, 0.3) is 5.91 Å². The van der Waals surface area contributed by atoms with Crippen LogP contribution >= 0.6 is 11.6 Å². The lowest BCUT2D eigenvalue weighted by Gasteiger charge is -2.12. The average molecular weight is 479 g/mol. The molecule has 1 amide bonds. The van der Waals surface area contributed by atoms with Crippen LogP contribution in [0.4, 0.5) is 11.6 Å². The van der Waals surface area contributed by atoms with Gasteiger partial charge in [-0.05, 0) is 37.0 Å². The number of nitrogens with two attached hydrogens (primary N) is 3. The van der Waals surface area contributed by atoms with Gasteiger partial charge in [-0.2, -0.15) is 0 Å². The van der Waals surface area contributed by atoms with E-state index in [2.05, 4.69) is 25.3 Å². The summed E-state index contributed by atoms with van der Waals surface area (Å²) >= 11 is 5.76. The highest BCUT2D eigenvalue weighted by atomic mass is 35.5. The second-order valence-corrected chi connectivity index (χ2v) is 7.29. The molecule has 33 heavy (non-hydrogen) atoms. The number of halogens is 1.